The predicted molar refractivity (Wildman–Crippen MR) is 110 cm³/mol. The van der Waals surface area contributed by atoms with Crippen LogP contribution < -0.4 is 4.74 Å². The second-order valence-corrected chi connectivity index (χ2v) is 8.83. The summed E-state index contributed by atoms with van der Waals surface area (Å²) in [6, 6.07) is 18.3. The molecule has 4 atom stereocenters. The van der Waals surface area contributed by atoms with Crippen molar-refractivity contribution in [2.75, 3.05) is 26.8 Å². The van der Waals surface area contributed by atoms with Crippen molar-refractivity contribution < 1.29 is 14.9 Å². The van der Waals surface area contributed by atoms with Crippen molar-refractivity contribution in [2.45, 2.75) is 31.9 Å². The number of aliphatic hydroxyl groups is 2. The molecule has 0 radical (unpaired) electrons. The molecule has 1 aliphatic carbocycles. The van der Waals surface area contributed by atoms with E-state index in [4.69, 9.17) is 4.74 Å². The van der Waals surface area contributed by atoms with Crippen LogP contribution in [-0.2, 0) is 12.1 Å². The van der Waals surface area contributed by atoms with Crippen LogP contribution in [0.2, 0.25) is 0 Å². The first-order chi connectivity index (χ1) is 13.5. The van der Waals surface area contributed by atoms with Crippen LogP contribution in [-0.4, -0.2) is 41.9 Å². The number of fused-ring (bicyclic) bond motifs is 1. The highest BCUT2D eigenvalue weighted by Gasteiger charge is 2.57. The molecule has 0 bridgehead atoms. The van der Waals surface area contributed by atoms with E-state index in [-0.39, 0.29) is 23.9 Å². The van der Waals surface area contributed by atoms with Gasteiger partial charge in [0, 0.05) is 37.7 Å². The predicted octanol–water partition coefficient (Wildman–Crippen LogP) is 3.42. The number of hydrogen-bond acceptors (Lipinski definition) is 4. The average Bonchev–Trinajstić information content (AvgIpc) is 3.17. The molecule has 0 aromatic heterocycles. The van der Waals surface area contributed by atoms with E-state index >= 15 is 0 Å². The van der Waals surface area contributed by atoms with Gasteiger partial charge in [0.15, 0.2) is 0 Å². The van der Waals surface area contributed by atoms with E-state index < -0.39 is 5.60 Å². The Morgan fingerprint density at radius 3 is 2.39 bits per heavy atom. The molecule has 2 N–H and O–H groups in total. The van der Waals surface area contributed by atoms with E-state index in [0.29, 0.717) is 6.42 Å². The molecular formula is C24H31NO3. The van der Waals surface area contributed by atoms with Gasteiger partial charge in [0.1, 0.15) is 5.75 Å². The molecule has 1 saturated carbocycles. The molecule has 4 heteroatoms. The number of ether oxygens (including phenoxy) is 1. The topological polar surface area (TPSA) is 52.9 Å². The highest BCUT2D eigenvalue weighted by atomic mass is 16.5. The lowest BCUT2D eigenvalue weighted by molar-refractivity contribution is -0.119. The van der Waals surface area contributed by atoms with Crippen molar-refractivity contribution in [2.24, 2.45) is 17.3 Å². The molecule has 1 saturated heterocycles. The Kier molecular flexibility index (Phi) is 5.21. The second kappa shape index (κ2) is 7.51. The quantitative estimate of drug-likeness (QED) is 0.833. The lowest BCUT2D eigenvalue weighted by Gasteiger charge is -2.50. The molecule has 1 heterocycles. The van der Waals surface area contributed by atoms with Crippen LogP contribution >= 0.6 is 0 Å². The summed E-state index contributed by atoms with van der Waals surface area (Å²) in [4.78, 5) is 2.43. The van der Waals surface area contributed by atoms with E-state index in [9.17, 15) is 10.2 Å². The number of para-hydroxylation sites is 1. The summed E-state index contributed by atoms with van der Waals surface area (Å²) in [5.41, 5.74) is 1.07. The number of aliphatic hydroxyl groups excluding tert-OH is 1. The molecule has 4 unspecified atom stereocenters. The number of methoxy groups -OCH3 is 1. The van der Waals surface area contributed by atoms with Crippen LogP contribution in [0.4, 0.5) is 0 Å². The Labute approximate surface area is 167 Å². The van der Waals surface area contributed by atoms with Crippen molar-refractivity contribution in [1.82, 2.24) is 4.90 Å². The van der Waals surface area contributed by atoms with Gasteiger partial charge < -0.3 is 14.9 Å². The first-order valence-corrected chi connectivity index (χ1v) is 10.2. The lowest BCUT2D eigenvalue weighted by atomic mass is 9.57. The summed E-state index contributed by atoms with van der Waals surface area (Å²) in [6.07, 6.45) is 1.45. The molecule has 28 heavy (non-hydrogen) atoms. The van der Waals surface area contributed by atoms with E-state index in [1.165, 1.54) is 5.56 Å². The number of hydrogen-bond donors (Lipinski definition) is 2. The van der Waals surface area contributed by atoms with Crippen molar-refractivity contribution in [3.8, 4) is 5.75 Å². The first kappa shape index (κ1) is 19.4. The van der Waals surface area contributed by atoms with Gasteiger partial charge in [-0.05, 0) is 35.8 Å². The smallest absolute Gasteiger partial charge is 0.124 e. The minimum absolute atomic E-state index is 0.0680. The summed E-state index contributed by atoms with van der Waals surface area (Å²) in [5, 5.41) is 22.1. The fourth-order valence-corrected chi connectivity index (χ4v) is 5.43. The van der Waals surface area contributed by atoms with E-state index in [1.54, 1.807) is 7.11 Å². The molecule has 2 aromatic rings. The summed E-state index contributed by atoms with van der Waals surface area (Å²) >= 11 is 0. The highest BCUT2D eigenvalue weighted by molar-refractivity contribution is 5.39. The van der Waals surface area contributed by atoms with E-state index in [2.05, 4.69) is 36.1 Å². The molecule has 150 valence electrons. The monoisotopic (exact) mass is 381 g/mol. The van der Waals surface area contributed by atoms with Gasteiger partial charge in [-0.3, -0.25) is 4.90 Å². The normalized spacial score (nSPS) is 32.9. The van der Waals surface area contributed by atoms with Gasteiger partial charge in [0.2, 0.25) is 0 Å². The largest absolute Gasteiger partial charge is 0.496 e. The third-order valence-corrected chi connectivity index (χ3v) is 7.16. The van der Waals surface area contributed by atoms with Crippen LogP contribution in [0.25, 0.3) is 0 Å². The third kappa shape index (κ3) is 3.24. The van der Waals surface area contributed by atoms with Crippen LogP contribution in [0, 0.1) is 17.3 Å². The number of rotatable bonds is 5. The lowest BCUT2D eigenvalue weighted by Crippen LogP contribution is -2.51. The van der Waals surface area contributed by atoms with Gasteiger partial charge in [0.25, 0.3) is 0 Å². The van der Waals surface area contributed by atoms with Gasteiger partial charge in [-0.1, -0.05) is 55.5 Å². The van der Waals surface area contributed by atoms with Crippen molar-refractivity contribution in [1.29, 1.82) is 0 Å². The Morgan fingerprint density at radius 1 is 1.00 bits per heavy atom. The second-order valence-electron chi connectivity index (χ2n) is 8.83. The van der Waals surface area contributed by atoms with Crippen LogP contribution in [0.15, 0.2) is 54.6 Å². The molecule has 4 rings (SSSR count). The highest BCUT2D eigenvalue weighted by Crippen LogP contribution is 2.56. The maximum atomic E-state index is 11.9. The molecule has 1 aliphatic heterocycles. The summed E-state index contributed by atoms with van der Waals surface area (Å²) < 4.78 is 5.59. The maximum absolute atomic E-state index is 11.9. The van der Waals surface area contributed by atoms with Crippen molar-refractivity contribution in [3.63, 3.8) is 0 Å². The molecule has 4 nitrogen and oxygen atoms in total. The van der Waals surface area contributed by atoms with Crippen molar-refractivity contribution >= 4 is 0 Å². The molecule has 0 spiro atoms. The SMILES string of the molecule is COc1ccccc1C1(O)CCC(C)(CO)C2CN(Cc3ccccc3)CC21. The number of benzene rings is 2. The minimum atomic E-state index is -0.933. The third-order valence-electron chi connectivity index (χ3n) is 7.16. The van der Waals surface area contributed by atoms with Crippen LogP contribution in [0.1, 0.15) is 30.9 Å². The Balaban J connectivity index is 1.68. The fraction of sp³-hybridized carbons (Fsp3) is 0.500. The van der Waals surface area contributed by atoms with Gasteiger partial charge in [0.05, 0.1) is 12.7 Å². The molecular weight excluding hydrogens is 350 g/mol. The summed E-state index contributed by atoms with van der Waals surface area (Å²) in [7, 11) is 1.66. The van der Waals surface area contributed by atoms with E-state index in [0.717, 1.165) is 37.4 Å². The molecule has 2 aliphatic rings. The molecule has 2 fully saturated rings. The Bertz CT molecular complexity index is 811. The zero-order valence-electron chi connectivity index (χ0n) is 16.8. The molecule has 2 aromatic carbocycles. The molecule has 0 amide bonds. The standard InChI is InChI=1S/C24H31NO3/c1-23(17-26)12-13-24(27,19-10-6-7-11-22(19)28-2)21-16-25(15-20(21)23)14-18-8-4-3-5-9-18/h3-11,20-21,26-27H,12-17H2,1-2H3. The van der Waals surface area contributed by atoms with Crippen LogP contribution in [0.3, 0.4) is 0 Å². The summed E-state index contributed by atoms with van der Waals surface area (Å²) in [5.74, 6) is 1.06. The van der Waals surface area contributed by atoms with Gasteiger partial charge in [-0.2, -0.15) is 0 Å². The number of likely N-dealkylation sites (tertiary alicyclic amines) is 1. The van der Waals surface area contributed by atoms with Crippen LogP contribution in [0.5, 0.6) is 5.75 Å². The van der Waals surface area contributed by atoms with E-state index in [1.807, 2.05) is 30.3 Å². The number of nitrogens with zero attached hydrogens (tertiary/aromatic N) is 1. The Morgan fingerprint density at radius 2 is 1.68 bits per heavy atom. The van der Waals surface area contributed by atoms with Crippen molar-refractivity contribution in [3.05, 3.63) is 65.7 Å². The van der Waals surface area contributed by atoms with Gasteiger partial charge >= 0.3 is 0 Å². The minimum Gasteiger partial charge on any atom is -0.496 e. The zero-order chi connectivity index (χ0) is 19.8. The Hall–Kier alpha value is -1.88. The first-order valence-electron chi connectivity index (χ1n) is 10.2. The zero-order valence-corrected chi connectivity index (χ0v) is 16.8. The van der Waals surface area contributed by atoms with Gasteiger partial charge in [-0.25, -0.2) is 0 Å². The van der Waals surface area contributed by atoms with Gasteiger partial charge in [-0.15, -0.1) is 0 Å². The maximum Gasteiger partial charge on any atom is 0.124 e. The fourth-order valence-electron chi connectivity index (χ4n) is 5.43. The summed E-state index contributed by atoms with van der Waals surface area (Å²) in [6.45, 7) is 4.93. The average molecular weight is 382 g/mol.